The Morgan fingerprint density at radius 1 is 1.54 bits per heavy atom. The van der Waals surface area contributed by atoms with E-state index in [0.29, 0.717) is 31.8 Å². The number of aromatic nitrogens is 3. The van der Waals surface area contributed by atoms with Crippen LogP contribution in [0.3, 0.4) is 0 Å². The van der Waals surface area contributed by atoms with Gasteiger partial charge in [0.2, 0.25) is 0 Å². The van der Waals surface area contributed by atoms with E-state index in [0.717, 1.165) is 5.69 Å². The molecule has 1 atom stereocenters. The molecule has 8 nitrogen and oxygen atoms in total. The summed E-state index contributed by atoms with van der Waals surface area (Å²) in [7, 11) is 1.67. The second-order valence-electron chi connectivity index (χ2n) is 5.63. The van der Waals surface area contributed by atoms with Gasteiger partial charge in [-0.05, 0) is 18.5 Å². The summed E-state index contributed by atoms with van der Waals surface area (Å²) in [6.45, 7) is 3.73. The molecule has 0 spiro atoms. The predicted octanol–water partition coefficient (Wildman–Crippen LogP) is 0.498. The van der Waals surface area contributed by atoms with E-state index in [9.17, 15) is 9.59 Å². The highest BCUT2D eigenvalue weighted by molar-refractivity contribution is 7.03. The first-order valence-corrected chi connectivity index (χ1v) is 8.47. The Morgan fingerprint density at radius 2 is 2.38 bits per heavy atom. The molecule has 0 radical (unpaired) electrons. The fraction of sp³-hybridized carbons (Fsp3) is 0.467. The summed E-state index contributed by atoms with van der Waals surface area (Å²) in [5.41, 5.74) is 1.21. The Labute approximate surface area is 143 Å². The normalized spacial score (nSPS) is 17.8. The van der Waals surface area contributed by atoms with E-state index in [4.69, 9.17) is 4.74 Å². The smallest absolute Gasteiger partial charge is 0.293 e. The molecule has 2 aromatic heterocycles. The number of carbonyl (C=O) groups excluding carboxylic acids is 1. The summed E-state index contributed by atoms with van der Waals surface area (Å²) in [6, 6.07) is 0. The molecule has 1 amide bonds. The zero-order valence-electron chi connectivity index (χ0n) is 13.6. The highest BCUT2D eigenvalue weighted by Crippen LogP contribution is 2.15. The first-order valence-electron chi connectivity index (χ1n) is 7.63. The van der Waals surface area contributed by atoms with Crippen LogP contribution in [0.25, 0.3) is 0 Å². The van der Waals surface area contributed by atoms with Gasteiger partial charge < -0.3 is 19.5 Å². The topological polar surface area (TPSA) is 89.3 Å². The van der Waals surface area contributed by atoms with Gasteiger partial charge in [0.05, 0.1) is 24.0 Å². The van der Waals surface area contributed by atoms with Gasteiger partial charge in [0.15, 0.2) is 5.82 Å². The number of nitrogens with one attached hydrogen (secondary N) is 1. The van der Waals surface area contributed by atoms with Gasteiger partial charge in [-0.1, -0.05) is 0 Å². The molecule has 3 heterocycles. The van der Waals surface area contributed by atoms with E-state index in [1.165, 1.54) is 16.1 Å². The van der Waals surface area contributed by atoms with Crippen LogP contribution >= 0.6 is 11.5 Å². The van der Waals surface area contributed by atoms with Gasteiger partial charge >= 0.3 is 0 Å². The monoisotopic (exact) mass is 349 g/mol. The second-order valence-corrected chi connectivity index (χ2v) is 6.26. The SMILES string of the molecule is Cc1nscc1C(=O)N1CCOC(CNc2nccn(C)c2=O)C1. The fourth-order valence-electron chi connectivity index (χ4n) is 2.52. The molecule has 1 fully saturated rings. The zero-order valence-corrected chi connectivity index (χ0v) is 14.4. The van der Waals surface area contributed by atoms with Crippen LogP contribution < -0.4 is 10.9 Å². The van der Waals surface area contributed by atoms with Crippen molar-refractivity contribution in [2.24, 2.45) is 7.05 Å². The Bertz CT molecular complexity index is 787. The Kier molecular flexibility index (Phi) is 4.91. The number of nitrogens with zero attached hydrogens (tertiary/aromatic N) is 4. The van der Waals surface area contributed by atoms with Gasteiger partial charge in [-0.2, -0.15) is 4.37 Å². The van der Waals surface area contributed by atoms with Crippen LogP contribution in [0.1, 0.15) is 16.1 Å². The van der Waals surface area contributed by atoms with Crippen LogP contribution in [-0.4, -0.2) is 57.1 Å². The average Bonchev–Trinajstić information content (AvgIpc) is 3.02. The van der Waals surface area contributed by atoms with E-state index < -0.39 is 0 Å². The van der Waals surface area contributed by atoms with Crippen molar-refractivity contribution in [2.45, 2.75) is 13.0 Å². The van der Waals surface area contributed by atoms with Crippen molar-refractivity contribution in [1.29, 1.82) is 0 Å². The first kappa shape index (κ1) is 16.6. The average molecular weight is 349 g/mol. The lowest BCUT2D eigenvalue weighted by atomic mass is 10.2. The Balaban J connectivity index is 1.62. The number of carbonyl (C=O) groups is 1. The quantitative estimate of drug-likeness (QED) is 0.864. The molecule has 1 N–H and O–H groups in total. The number of hydrogen-bond acceptors (Lipinski definition) is 7. The molecule has 24 heavy (non-hydrogen) atoms. The van der Waals surface area contributed by atoms with E-state index in [2.05, 4.69) is 14.7 Å². The van der Waals surface area contributed by atoms with Gasteiger partial charge in [-0.25, -0.2) is 4.98 Å². The molecule has 0 aliphatic carbocycles. The fourth-order valence-corrected chi connectivity index (χ4v) is 3.21. The van der Waals surface area contributed by atoms with Crippen molar-refractivity contribution >= 4 is 23.3 Å². The van der Waals surface area contributed by atoms with Gasteiger partial charge in [0, 0.05) is 44.5 Å². The van der Waals surface area contributed by atoms with Crippen LogP contribution in [0.5, 0.6) is 0 Å². The molecule has 1 unspecified atom stereocenters. The minimum Gasteiger partial charge on any atom is -0.373 e. The van der Waals surface area contributed by atoms with Crippen LogP contribution in [0.2, 0.25) is 0 Å². The molecular weight excluding hydrogens is 330 g/mol. The highest BCUT2D eigenvalue weighted by atomic mass is 32.1. The van der Waals surface area contributed by atoms with Crippen molar-refractivity contribution in [3.63, 3.8) is 0 Å². The van der Waals surface area contributed by atoms with E-state index >= 15 is 0 Å². The lowest BCUT2D eigenvalue weighted by molar-refractivity contribution is -0.0150. The number of aryl methyl sites for hydroxylation is 2. The van der Waals surface area contributed by atoms with E-state index in [-0.39, 0.29) is 23.4 Å². The molecule has 0 aromatic carbocycles. The summed E-state index contributed by atoms with van der Waals surface area (Å²) in [4.78, 5) is 30.3. The molecule has 1 saturated heterocycles. The number of rotatable bonds is 4. The molecule has 0 saturated carbocycles. The maximum absolute atomic E-state index is 12.6. The summed E-state index contributed by atoms with van der Waals surface area (Å²) in [6.07, 6.45) is 2.97. The number of morpholine rings is 1. The van der Waals surface area contributed by atoms with Crippen molar-refractivity contribution in [2.75, 3.05) is 31.6 Å². The van der Waals surface area contributed by atoms with Crippen LogP contribution in [0.4, 0.5) is 5.82 Å². The largest absolute Gasteiger partial charge is 0.373 e. The minimum atomic E-state index is -0.193. The Hall–Kier alpha value is -2.26. The lowest BCUT2D eigenvalue weighted by Gasteiger charge is -2.33. The molecule has 128 valence electrons. The molecule has 2 aromatic rings. The molecular formula is C15H19N5O3S. The summed E-state index contributed by atoms with van der Waals surface area (Å²) >= 11 is 1.28. The number of amides is 1. The van der Waals surface area contributed by atoms with E-state index in [1.807, 2.05) is 6.92 Å². The predicted molar refractivity (Wildman–Crippen MR) is 90.5 cm³/mol. The third kappa shape index (κ3) is 3.46. The third-order valence-electron chi connectivity index (χ3n) is 3.92. The number of ether oxygens (including phenoxy) is 1. The van der Waals surface area contributed by atoms with E-state index in [1.54, 1.807) is 29.7 Å². The summed E-state index contributed by atoms with van der Waals surface area (Å²) in [5.74, 6) is 0.258. The minimum absolute atomic E-state index is 0.0247. The lowest BCUT2D eigenvalue weighted by Crippen LogP contribution is -2.48. The van der Waals surface area contributed by atoms with Gasteiger partial charge in [-0.3, -0.25) is 9.59 Å². The standard InChI is InChI=1S/C15H19N5O3S/c1-10-12(9-24-18-10)14(21)20-5-6-23-11(8-20)7-17-13-15(22)19(2)4-3-16-13/h3-4,9,11H,5-8H2,1-2H3,(H,16,17). The molecule has 3 rings (SSSR count). The van der Waals surface area contributed by atoms with Crippen LogP contribution in [0, 0.1) is 6.92 Å². The first-order chi connectivity index (χ1) is 11.6. The molecule has 9 heteroatoms. The van der Waals surface area contributed by atoms with Gasteiger partial charge in [-0.15, -0.1) is 0 Å². The summed E-state index contributed by atoms with van der Waals surface area (Å²) < 4.78 is 11.3. The second kappa shape index (κ2) is 7.10. The van der Waals surface area contributed by atoms with Crippen molar-refractivity contribution in [3.05, 3.63) is 39.4 Å². The Morgan fingerprint density at radius 3 is 3.12 bits per heavy atom. The highest BCUT2D eigenvalue weighted by Gasteiger charge is 2.26. The van der Waals surface area contributed by atoms with Gasteiger partial charge in [0.1, 0.15) is 0 Å². The molecule has 1 aliphatic heterocycles. The van der Waals surface area contributed by atoms with Crippen LogP contribution in [-0.2, 0) is 11.8 Å². The van der Waals surface area contributed by atoms with Crippen LogP contribution in [0.15, 0.2) is 22.6 Å². The molecule has 1 aliphatic rings. The zero-order chi connectivity index (χ0) is 17.1. The maximum atomic E-state index is 12.6. The number of hydrogen-bond donors (Lipinski definition) is 1. The van der Waals surface area contributed by atoms with Crippen molar-refractivity contribution in [3.8, 4) is 0 Å². The van der Waals surface area contributed by atoms with Crippen molar-refractivity contribution < 1.29 is 9.53 Å². The van der Waals surface area contributed by atoms with Crippen molar-refractivity contribution in [1.82, 2.24) is 18.8 Å². The molecule has 0 bridgehead atoms. The van der Waals surface area contributed by atoms with Gasteiger partial charge in [0.25, 0.3) is 11.5 Å². The summed E-state index contributed by atoms with van der Waals surface area (Å²) in [5, 5.41) is 4.79. The number of anilines is 1. The maximum Gasteiger partial charge on any atom is 0.293 e. The third-order valence-corrected chi connectivity index (χ3v) is 4.64.